The first kappa shape index (κ1) is 12.2. The highest BCUT2D eigenvalue weighted by molar-refractivity contribution is 5.68. The van der Waals surface area contributed by atoms with Gasteiger partial charge in [0.2, 0.25) is 0 Å². The largest absolute Gasteiger partial charge is 0.328 e. The van der Waals surface area contributed by atoms with Crippen molar-refractivity contribution in [2.45, 2.75) is 13.8 Å². The first-order chi connectivity index (χ1) is 8.56. The molecule has 0 aliphatic heterocycles. The zero-order chi connectivity index (χ0) is 13.3. The van der Waals surface area contributed by atoms with E-state index in [1.165, 1.54) is 5.56 Å². The predicted molar refractivity (Wildman–Crippen MR) is 71.9 cm³/mol. The Morgan fingerprint density at radius 2 is 1.94 bits per heavy atom. The summed E-state index contributed by atoms with van der Waals surface area (Å²) >= 11 is 0. The van der Waals surface area contributed by atoms with Crippen LogP contribution < -0.4 is 4.90 Å². The lowest BCUT2D eigenvalue weighted by Crippen LogP contribution is -2.15. The van der Waals surface area contributed by atoms with Crippen LogP contribution in [0.5, 0.6) is 0 Å². The van der Waals surface area contributed by atoms with Gasteiger partial charge in [-0.3, -0.25) is 4.68 Å². The predicted octanol–water partition coefficient (Wildman–Crippen LogP) is 2.68. The van der Waals surface area contributed by atoms with Gasteiger partial charge in [0.15, 0.2) is 0 Å². The summed E-state index contributed by atoms with van der Waals surface area (Å²) in [6.07, 6.45) is 0. The molecule has 1 aromatic heterocycles. The highest BCUT2D eigenvalue weighted by atomic mass is 15.4. The number of anilines is 2. The third kappa shape index (κ3) is 1.84. The molecule has 0 saturated heterocycles. The molecule has 4 nitrogen and oxygen atoms in total. The monoisotopic (exact) mass is 240 g/mol. The highest BCUT2D eigenvalue weighted by Crippen LogP contribution is 2.29. The molecular weight excluding hydrogens is 224 g/mol. The van der Waals surface area contributed by atoms with Gasteiger partial charge in [0.1, 0.15) is 17.5 Å². The van der Waals surface area contributed by atoms with E-state index in [-0.39, 0.29) is 0 Å². The fourth-order valence-electron chi connectivity index (χ4n) is 2.22. The fraction of sp³-hybridized carbons (Fsp3) is 0.286. The molecule has 1 aromatic carbocycles. The molecule has 0 amide bonds. The Bertz CT molecular complexity index is 619. The van der Waals surface area contributed by atoms with E-state index in [4.69, 9.17) is 0 Å². The molecule has 0 unspecified atom stereocenters. The highest BCUT2D eigenvalue weighted by Gasteiger charge is 2.18. The van der Waals surface area contributed by atoms with Gasteiger partial charge in [0.05, 0.1) is 5.69 Å². The summed E-state index contributed by atoms with van der Waals surface area (Å²) in [4.78, 5) is 2.01. The molecule has 0 radical (unpaired) electrons. The molecular formula is C14H16N4. The van der Waals surface area contributed by atoms with Crippen molar-refractivity contribution in [3.63, 3.8) is 0 Å². The average Bonchev–Trinajstić information content (AvgIpc) is 2.63. The maximum atomic E-state index is 9.25. The van der Waals surface area contributed by atoms with Crippen molar-refractivity contribution in [2.75, 3.05) is 11.9 Å². The summed E-state index contributed by atoms with van der Waals surface area (Å²) in [5.74, 6) is 0.823. The quantitative estimate of drug-likeness (QED) is 0.810. The Labute approximate surface area is 107 Å². The summed E-state index contributed by atoms with van der Waals surface area (Å²) in [7, 11) is 3.82. The lowest BCUT2D eigenvalue weighted by molar-refractivity contribution is 0.750. The van der Waals surface area contributed by atoms with Crippen molar-refractivity contribution in [1.29, 1.82) is 5.26 Å². The Kier molecular flexibility index (Phi) is 3.07. The smallest absolute Gasteiger partial charge is 0.149 e. The van der Waals surface area contributed by atoms with Gasteiger partial charge in [-0.1, -0.05) is 18.2 Å². The topological polar surface area (TPSA) is 44.9 Å². The van der Waals surface area contributed by atoms with Crippen molar-refractivity contribution in [1.82, 2.24) is 9.78 Å². The standard InChI is InChI=1S/C14H16N4/c1-10-7-5-6-8-13(10)17(3)14-12(9-15)11(2)16-18(14)4/h5-8H,1-4H3. The summed E-state index contributed by atoms with van der Waals surface area (Å²) < 4.78 is 1.75. The summed E-state index contributed by atoms with van der Waals surface area (Å²) in [6.45, 7) is 3.91. The van der Waals surface area contributed by atoms with E-state index in [9.17, 15) is 5.26 Å². The minimum Gasteiger partial charge on any atom is -0.328 e. The van der Waals surface area contributed by atoms with Crippen LogP contribution in [0.15, 0.2) is 24.3 Å². The lowest BCUT2D eigenvalue weighted by atomic mass is 10.1. The number of nitriles is 1. The lowest BCUT2D eigenvalue weighted by Gasteiger charge is -2.21. The molecule has 0 bridgehead atoms. The Morgan fingerprint density at radius 1 is 1.28 bits per heavy atom. The van der Waals surface area contributed by atoms with Gasteiger partial charge < -0.3 is 4.90 Å². The van der Waals surface area contributed by atoms with Crippen LogP contribution in [0, 0.1) is 25.2 Å². The van der Waals surface area contributed by atoms with Crippen LogP contribution in [-0.4, -0.2) is 16.8 Å². The van der Waals surface area contributed by atoms with Crippen molar-refractivity contribution in [3.05, 3.63) is 41.1 Å². The van der Waals surface area contributed by atoms with E-state index in [1.807, 2.05) is 44.1 Å². The van der Waals surface area contributed by atoms with Crippen LogP contribution in [0.3, 0.4) is 0 Å². The molecule has 18 heavy (non-hydrogen) atoms. The second-order valence-electron chi connectivity index (χ2n) is 4.36. The number of hydrogen-bond acceptors (Lipinski definition) is 3. The van der Waals surface area contributed by atoms with Crippen LogP contribution in [0.25, 0.3) is 0 Å². The molecule has 0 spiro atoms. The van der Waals surface area contributed by atoms with Crippen molar-refractivity contribution in [3.8, 4) is 6.07 Å². The van der Waals surface area contributed by atoms with Gasteiger partial charge in [-0.25, -0.2) is 0 Å². The minimum absolute atomic E-state index is 0.628. The second kappa shape index (κ2) is 4.53. The SMILES string of the molecule is Cc1ccccc1N(C)c1c(C#N)c(C)nn1C. The van der Waals surface area contributed by atoms with Gasteiger partial charge in [0, 0.05) is 19.8 Å². The Morgan fingerprint density at radius 3 is 2.56 bits per heavy atom. The van der Waals surface area contributed by atoms with E-state index in [2.05, 4.69) is 24.2 Å². The molecule has 0 aliphatic carbocycles. The number of nitrogens with zero attached hydrogens (tertiary/aromatic N) is 4. The van der Waals surface area contributed by atoms with Crippen LogP contribution in [0.2, 0.25) is 0 Å². The second-order valence-corrected chi connectivity index (χ2v) is 4.36. The number of benzene rings is 1. The first-order valence-corrected chi connectivity index (χ1v) is 5.79. The summed E-state index contributed by atoms with van der Waals surface area (Å²) in [5.41, 5.74) is 3.64. The maximum absolute atomic E-state index is 9.25. The fourth-order valence-corrected chi connectivity index (χ4v) is 2.22. The van der Waals surface area contributed by atoms with Gasteiger partial charge in [-0.05, 0) is 25.5 Å². The zero-order valence-corrected chi connectivity index (χ0v) is 11.1. The van der Waals surface area contributed by atoms with Crippen LogP contribution in [-0.2, 0) is 7.05 Å². The number of aryl methyl sites for hydroxylation is 3. The molecule has 92 valence electrons. The van der Waals surface area contributed by atoms with Crippen LogP contribution >= 0.6 is 0 Å². The Hall–Kier alpha value is -2.28. The normalized spacial score (nSPS) is 10.2. The number of para-hydroxylation sites is 1. The van der Waals surface area contributed by atoms with E-state index in [0.717, 1.165) is 17.2 Å². The van der Waals surface area contributed by atoms with Crippen molar-refractivity contribution < 1.29 is 0 Å². The van der Waals surface area contributed by atoms with Gasteiger partial charge in [0.25, 0.3) is 0 Å². The molecule has 2 aromatic rings. The van der Waals surface area contributed by atoms with Crippen LogP contribution in [0.1, 0.15) is 16.8 Å². The maximum Gasteiger partial charge on any atom is 0.149 e. The molecule has 0 atom stereocenters. The average molecular weight is 240 g/mol. The molecule has 1 heterocycles. The number of hydrogen-bond donors (Lipinski definition) is 0. The third-order valence-electron chi connectivity index (χ3n) is 3.10. The van der Waals surface area contributed by atoms with E-state index < -0.39 is 0 Å². The molecule has 0 N–H and O–H groups in total. The number of rotatable bonds is 2. The molecule has 4 heteroatoms. The zero-order valence-electron chi connectivity index (χ0n) is 11.1. The van der Waals surface area contributed by atoms with Crippen LogP contribution in [0.4, 0.5) is 11.5 Å². The van der Waals surface area contributed by atoms with E-state index >= 15 is 0 Å². The summed E-state index contributed by atoms with van der Waals surface area (Å²) in [6, 6.07) is 10.3. The van der Waals surface area contributed by atoms with Gasteiger partial charge in [-0.2, -0.15) is 10.4 Å². The summed E-state index contributed by atoms with van der Waals surface area (Å²) in [5, 5.41) is 13.6. The van der Waals surface area contributed by atoms with Gasteiger partial charge in [-0.15, -0.1) is 0 Å². The minimum atomic E-state index is 0.628. The van der Waals surface area contributed by atoms with Crippen molar-refractivity contribution >= 4 is 11.5 Å². The third-order valence-corrected chi connectivity index (χ3v) is 3.10. The van der Waals surface area contributed by atoms with E-state index in [1.54, 1.807) is 4.68 Å². The molecule has 0 saturated carbocycles. The first-order valence-electron chi connectivity index (χ1n) is 5.79. The Balaban J connectivity index is 2.57. The van der Waals surface area contributed by atoms with Crippen molar-refractivity contribution in [2.24, 2.45) is 7.05 Å². The molecule has 2 rings (SSSR count). The molecule has 0 aliphatic rings. The molecule has 0 fully saturated rings. The van der Waals surface area contributed by atoms with E-state index in [0.29, 0.717) is 5.56 Å². The number of aromatic nitrogens is 2. The van der Waals surface area contributed by atoms with Gasteiger partial charge >= 0.3 is 0 Å².